The van der Waals surface area contributed by atoms with Gasteiger partial charge in [0.15, 0.2) is 0 Å². The minimum Gasteiger partial charge on any atom is -0.444 e. The molecule has 1 atom stereocenters. The van der Waals surface area contributed by atoms with Gasteiger partial charge in [-0.05, 0) is 44.7 Å². The SMILES string of the molecule is Cn1cc(C[C@H](NC(=O)OC(C)(C)C)C(=O)Nc2n[nH]c(CCC3CCCC3)n2)c2ccccc21. The van der Waals surface area contributed by atoms with E-state index in [0.29, 0.717) is 6.42 Å². The van der Waals surface area contributed by atoms with Crippen LogP contribution in [0.25, 0.3) is 10.9 Å². The Morgan fingerprint density at radius 2 is 1.97 bits per heavy atom. The van der Waals surface area contributed by atoms with Crippen molar-refractivity contribution in [2.24, 2.45) is 13.0 Å². The molecule has 2 heterocycles. The number of carbonyl (C=O) groups is 2. The van der Waals surface area contributed by atoms with Crippen LogP contribution in [-0.2, 0) is 29.4 Å². The van der Waals surface area contributed by atoms with E-state index in [2.05, 4.69) is 25.8 Å². The van der Waals surface area contributed by atoms with Gasteiger partial charge >= 0.3 is 6.09 Å². The van der Waals surface area contributed by atoms with Crippen molar-refractivity contribution in [1.82, 2.24) is 25.1 Å². The zero-order chi connectivity index (χ0) is 25.0. The summed E-state index contributed by atoms with van der Waals surface area (Å²) in [5.41, 5.74) is 1.33. The summed E-state index contributed by atoms with van der Waals surface area (Å²) in [6.07, 6.45) is 8.70. The van der Waals surface area contributed by atoms with Crippen LogP contribution in [-0.4, -0.2) is 43.4 Å². The van der Waals surface area contributed by atoms with Crippen LogP contribution in [0.2, 0.25) is 0 Å². The quantitative estimate of drug-likeness (QED) is 0.439. The van der Waals surface area contributed by atoms with Crippen molar-refractivity contribution in [2.45, 2.75) is 77.4 Å². The molecule has 0 radical (unpaired) electrons. The molecule has 4 rings (SSSR count). The van der Waals surface area contributed by atoms with Crippen molar-refractivity contribution in [1.29, 1.82) is 0 Å². The summed E-state index contributed by atoms with van der Waals surface area (Å²) >= 11 is 0. The number of aromatic nitrogens is 4. The van der Waals surface area contributed by atoms with Gasteiger partial charge in [0, 0.05) is 37.0 Å². The van der Waals surface area contributed by atoms with Crippen LogP contribution in [0.15, 0.2) is 30.5 Å². The van der Waals surface area contributed by atoms with Crippen molar-refractivity contribution < 1.29 is 14.3 Å². The average molecular weight is 481 g/mol. The van der Waals surface area contributed by atoms with E-state index in [4.69, 9.17) is 4.74 Å². The first-order valence-electron chi connectivity index (χ1n) is 12.4. The summed E-state index contributed by atoms with van der Waals surface area (Å²) in [5, 5.41) is 13.6. The number of benzene rings is 1. The molecule has 1 saturated carbocycles. The van der Waals surface area contributed by atoms with Crippen molar-refractivity contribution in [3.63, 3.8) is 0 Å². The third-order valence-electron chi connectivity index (χ3n) is 6.44. The van der Waals surface area contributed by atoms with Crippen molar-refractivity contribution in [2.75, 3.05) is 5.32 Å². The molecule has 1 aliphatic rings. The van der Waals surface area contributed by atoms with Crippen LogP contribution in [0.3, 0.4) is 0 Å². The molecule has 9 nitrogen and oxygen atoms in total. The number of aromatic amines is 1. The summed E-state index contributed by atoms with van der Waals surface area (Å²) in [6, 6.07) is 7.11. The first kappa shape index (κ1) is 24.8. The van der Waals surface area contributed by atoms with Gasteiger partial charge in [-0.15, -0.1) is 5.10 Å². The van der Waals surface area contributed by atoms with Crippen molar-refractivity contribution in [3.05, 3.63) is 41.9 Å². The molecule has 1 aromatic carbocycles. The number of carbonyl (C=O) groups excluding carboxylic acids is 2. The molecule has 2 amide bonds. The number of nitrogens with zero attached hydrogens (tertiary/aromatic N) is 3. The van der Waals surface area contributed by atoms with Crippen molar-refractivity contribution >= 4 is 28.9 Å². The Morgan fingerprint density at radius 1 is 1.23 bits per heavy atom. The maximum atomic E-state index is 13.3. The zero-order valence-electron chi connectivity index (χ0n) is 21.1. The highest BCUT2D eigenvalue weighted by Crippen LogP contribution is 2.28. The second kappa shape index (κ2) is 10.5. The van der Waals surface area contributed by atoms with Gasteiger partial charge in [0.05, 0.1) is 0 Å². The number of alkyl carbamates (subject to hydrolysis) is 1. The van der Waals surface area contributed by atoms with Crippen LogP contribution >= 0.6 is 0 Å². The molecule has 3 N–H and O–H groups in total. The summed E-state index contributed by atoms with van der Waals surface area (Å²) in [5.74, 6) is 1.33. The Hall–Kier alpha value is -3.36. The van der Waals surface area contributed by atoms with Crippen molar-refractivity contribution in [3.8, 4) is 0 Å². The lowest BCUT2D eigenvalue weighted by Crippen LogP contribution is -2.47. The third kappa shape index (κ3) is 6.61. The second-order valence-corrected chi connectivity index (χ2v) is 10.5. The first-order chi connectivity index (χ1) is 16.7. The highest BCUT2D eigenvalue weighted by molar-refractivity contribution is 5.96. The minimum absolute atomic E-state index is 0.213. The molecular formula is C26H36N6O3. The van der Waals surface area contributed by atoms with Gasteiger partial charge in [-0.2, -0.15) is 4.98 Å². The number of para-hydroxylation sites is 1. The number of anilines is 1. The van der Waals surface area contributed by atoms with Crippen LogP contribution in [0.4, 0.5) is 10.7 Å². The summed E-state index contributed by atoms with van der Waals surface area (Å²) in [7, 11) is 1.96. The number of hydrogen-bond donors (Lipinski definition) is 3. The molecule has 0 spiro atoms. The molecule has 2 aromatic heterocycles. The number of amides is 2. The second-order valence-electron chi connectivity index (χ2n) is 10.5. The predicted molar refractivity (Wildman–Crippen MR) is 135 cm³/mol. The van der Waals surface area contributed by atoms with E-state index in [1.54, 1.807) is 20.8 Å². The molecule has 35 heavy (non-hydrogen) atoms. The molecule has 9 heteroatoms. The zero-order valence-corrected chi connectivity index (χ0v) is 21.1. The van der Waals surface area contributed by atoms with E-state index in [1.807, 2.05) is 42.1 Å². The Kier molecular flexibility index (Phi) is 7.42. The fourth-order valence-electron chi connectivity index (χ4n) is 4.77. The molecule has 0 saturated heterocycles. The standard InChI is InChI=1S/C26H36N6O3/c1-26(2,3)35-25(34)27-20(15-18-16-32(4)21-12-8-7-11-19(18)21)23(33)29-24-28-22(30-31-24)14-13-17-9-5-6-10-17/h7-8,11-12,16-17,20H,5-6,9-10,13-15H2,1-4H3,(H,27,34)(H2,28,29,30,31,33)/t20-/m0/s1. The third-order valence-corrected chi connectivity index (χ3v) is 6.44. The van der Waals surface area contributed by atoms with Gasteiger partial charge in [0.2, 0.25) is 11.9 Å². The topological polar surface area (TPSA) is 114 Å². The lowest BCUT2D eigenvalue weighted by atomic mass is 10.0. The van der Waals surface area contributed by atoms with Gasteiger partial charge in [0.25, 0.3) is 0 Å². The Morgan fingerprint density at radius 3 is 2.71 bits per heavy atom. The van der Waals surface area contributed by atoms with Gasteiger partial charge in [-0.1, -0.05) is 43.9 Å². The fourth-order valence-corrected chi connectivity index (χ4v) is 4.77. The van der Waals surface area contributed by atoms with E-state index >= 15 is 0 Å². The monoisotopic (exact) mass is 480 g/mol. The van der Waals surface area contributed by atoms with Gasteiger partial charge < -0.3 is 14.6 Å². The van der Waals surface area contributed by atoms with Crippen LogP contribution in [0, 0.1) is 5.92 Å². The fraction of sp³-hybridized carbons (Fsp3) is 0.538. The number of fused-ring (bicyclic) bond motifs is 1. The van der Waals surface area contributed by atoms with Crippen LogP contribution < -0.4 is 10.6 Å². The normalized spacial score (nSPS) is 15.3. The lowest BCUT2D eigenvalue weighted by Gasteiger charge is -2.23. The summed E-state index contributed by atoms with van der Waals surface area (Å²) in [6.45, 7) is 5.35. The molecular weight excluding hydrogens is 444 g/mol. The summed E-state index contributed by atoms with van der Waals surface area (Å²) in [4.78, 5) is 30.2. The highest BCUT2D eigenvalue weighted by atomic mass is 16.6. The molecule has 0 bridgehead atoms. The molecule has 188 valence electrons. The number of hydrogen-bond acceptors (Lipinski definition) is 5. The van der Waals surface area contributed by atoms with Crippen LogP contribution in [0.1, 0.15) is 64.3 Å². The highest BCUT2D eigenvalue weighted by Gasteiger charge is 2.27. The van der Waals surface area contributed by atoms with Gasteiger partial charge in [0.1, 0.15) is 17.5 Å². The summed E-state index contributed by atoms with van der Waals surface area (Å²) < 4.78 is 7.42. The number of H-pyrrole nitrogens is 1. The van der Waals surface area contributed by atoms with Gasteiger partial charge in [-0.3, -0.25) is 15.2 Å². The van der Waals surface area contributed by atoms with Crippen LogP contribution in [0.5, 0.6) is 0 Å². The maximum Gasteiger partial charge on any atom is 0.408 e. The number of nitrogens with one attached hydrogen (secondary N) is 3. The average Bonchev–Trinajstić information content (AvgIpc) is 3.52. The largest absolute Gasteiger partial charge is 0.444 e. The van der Waals surface area contributed by atoms with E-state index in [0.717, 1.165) is 41.1 Å². The molecule has 0 unspecified atom stereocenters. The number of aryl methyl sites for hydroxylation is 2. The number of rotatable bonds is 8. The van der Waals surface area contributed by atoms with E-state index in [1.165, 1.54) is 25.7 Å². The van der Waals surface area contributed by atoms with E-state index in [9.17, 15) is 9.59 Å². The molecule has 1 fully saturated rings. The molecule has 3 aromatic rings. The number of ether oxygens (including phenoxy) is 1. The predicted octanol–water partition coefficient (Wildman–Crippen LogP) is 4.49. The molecule has 0 aliphatic heterocycles. The van der Waals surface area contributed by atoms with Gasteiger partial charge in [-0.25, -0.2) is 4.79 Å². The lowest BCUT2D eigenvalue weighted by molar-refractivity contribution is -0.118. The minimum atomic E-state index is -0.865. The smallest absolute Gasteiger partial charge is 0.408 e. The molecule has 1 aliphatic carbocycles. The first-order valence-corrected chi connectivity index (χ1v) is 12.4. The van der Waals surface area contributed by atoms with E-state index in [-0.39, 0.29) is 5.95 Å². The maximum absolute atomic E-state index is 13.3. The Labute approximate surface area is 206 Å². The Bertz CT molecular complexity index is 1170. The Balaban J connectivity index is 1.46. The van der Waals surface area contributed by atoms with E-state index < -0.39 is 23.6 Å².